The largest absolute Gasteiger partial charge is 0.496 e. The zero-order valence-electron chi connectivity index (χ0n) is 17.0. The van der Waals surface area contributed by atoms with Crippen LogP contribution >= 0.6 is 0 Å². The Balaban J connectivity index is 1.56. The maximum atomic E-state index is 12.4. The third kappa shape index (κ3) is 5.13. The highest BCUT2D eigenvalue weighted by Crippen LogP contribution is 2.26. The number of fused-ring (bicyclic) bond motifs is 1. The van der Waals surface area contributed by atoms with E-state index < -0.39 is 0 Å². The molecule has 0 aliphatic carbocycles. The first-order chi connectivity index (χ1) is 14.0. The predicted octanol–water partition coefficient (Wildman–Crippen LogP) is 3.69. The van der Waals surface area contributed by atoms with E-state index in [-0.39, 0.29) is 30.8 Å². The van der Waals surface area contributed by atoms with Gasteiger partial charge in [-0.05, 0) is 36.2 Å². The first kappa shape index (κ1) is 20.4. The number of rotatable bonds is 7. The third-order valence-corrected chi connectivity index (χ3v) is 4.91. The monoisotopic (exact) mass is 390 g/mol. The average Bonchev–Trinajstić information content (AvgIpc) is 2.72. The van der Waals surface area contributed by atoms with Gasteiger partial charge >= 0.3 is 0 Å². The minimum atomic E-state index is -0.243. The minimum Gasteiger partial charge on any atom is -0.496 e. The van der Waals surface area contributed by atoms with Gasteiger partial charge in [-0.25, -0.2) is 0 Å². The Morgan fingerprint density at radius 3 is 2.55 bits per heavy atom. The van der Waals surface area contributed by atoms with Gasteiger partial charge < -0.3 is 15.4 Å². The molecule has 0 aliphatic rings. The van der Waals surface area contributed by atoms with E-state index in [0.29, 0.717) is 0 Å². The Morgan fingerprint density at radius 2 is 1.76 bits per heavy atom. The van der Waals surface area contributed by atoms with Crippen molar-refractivity contribution in [2.45, 2.75) is 26.3 Å². The fourth-order valence-electron chi connectivity index (χ4n) is 3.42. The molecule has 2 N–H and O–H groups in total. The topological polar surface area (TPSA) is 67.4 Å². The summed E-state index contributed by atoms with van der Waals surface area (Å²) in [7, 11) is 1.61. The van der Waals surface area contributed by atoms with Crippen molar-refractivity contribution >= 4 is 22.6 Å². The molecular weight excluding hydrogens is 364 g/mol. The van der Waals surface area contributed by atoms with Gasteiger partial charge in [-0.2, -0.15) is 0 Å². The highest BCUT2D eigenvalue weighted by atomic mass is 16.5. The number of hydrogen-bond acceptors (Lipinski definition) is 3. The molecule has 0 aromatic heterocycles. The third-order valence-electron chi connectivity index (χ3n) is 4.91. The fraction of sp³-hybridized carbons (Fsp3) is 0.250. The molecule has 5 heteroatoms. The summed E-state index contributed by atoms with van der Waals surface area (Å²) >= 11 is 0. The lowest BCUT2D eigenvalue weighted by Gasteiger charge is -2.18. The van der Waals surface area contributed by atoms with Crippen molar-refractivity contribution in [3.05, 3.63) is 77.4 Å². The van der Waals surface area contributed by atoms with E-state index in [1.165, 1.54) is 0 Å². The summed E-state index contributed by atoms with van der Waals surface area (Å²) in [5.41, 5.74) is 2.94. The summed E-state index contributed by atoms with van der Waals surface area (Å²) in [5, 5.41) is 7.77. The van der Waals surface area contributed by atoms with Crippen molar-refractivity contribution in [1.82, 2.24) is 10.6 Å². The number of ether oxygens (including phenoxy) is 1. The quantitative estimate of drug-likeness (QED) is 0.647. The van der Waals surface area contributed by atoms with Gasteiger partial charge in [0.15, 0.2) is 0 Å². The lowest BCUT2D eigenvalue weighted by molar-refractivity contribution is -0.126. The molecule has 29 heavy (non-hydrogen) atoms. The van der Waals surface area contributed by atoms with Gasteiger partial charge in [0.05, 0.1) is 26.1 Å². The molecule has 3 rings (SSSR count). The van der Waals surface area contributed by atoms with Crippen LogP contribution in [0.5, 0.6) is 5.75 Å². The number of aryl methyl sites for hydroxylation is 1. The van der Waals surface area contributed by atoms with Crippen LogP contribution in [0.4, 0.5) is 0 Å². The number of nitrogens with one attached hydrogen (secondary N) is 2. The van der Waals surface area contributed by atoms with E-state index in [1.54, 1.807) is 7.11 Å². The van der Waals surface area contributed by atoms with Crippen molar-refractivity contribution in [3.63, 3.8) is 0 Å². The van der Waals surface area contributed by atoms with Crippen LogP contribution in [0.25, 0.3) is 10.8 Å². The molecule has 0 unspecified atom stereocenters. The van der Waals surface area contributed by atoms with Crippen LogP contribution in [-0.4, -0.2) is 25.5 Å². The van der Waals surface area contributed by atoms with Crippen LogP contribution in [0.1, 0.15) is 29.7 Å². The van der Waals surface area contributed by atoms with E-state index in [4.69, 9.17) is 4.74 Å². The van der Waals surface area contributed by atoms with Gasteiger partial charge in [-0.15, -0.1) is 0 Å². The number of benzene rings is 3. The van der Waals surface area contributed by atoms with Crippen LogP contribution in [-0.2, 0) is 16.0 Å². The van der Waals surface area contributed by atoms with Gasteiger partial charge in [-0.3, -0.25) is 9.59 Å². The van der Waals surface area contributed by atoms with Crippen molar-refractivity contribution in [3.8, 4) is 5.75 Å². The summed E-state index contributed by atoms with van der Waals surface area (Å²) in [6, 6.07) is 19.5. The molecule has 1 atom stereocenters. The van der Waals surface area contributed by atoms with Crippen molar-refractivity contribution < 1.29 is 14.3 Å². The molecule has 3 aromatic rings. The second-order valence-corrected chi connectivity index (χ2v) is 7.13. The number of carbonyl (C=O) groups is 2. The number of carbonyl (C=O) groups excluding carboxylic acids is 2. The fourth-order valence-corrected chi connectivity index (χ4v) is 3.42. The molecule has 0 spiro atoms. The lowest BCUT2D eigenvalue weighted by Crippen LogP contribution is -2.38. The summed E-state index contributed by atoms with van der Waals surface area (Å²) in [5.74, 6) is 0.299. The van der Waals surface area contributed by atoms with E-state index >= 15 is 0 Å². The summed E-state index contributed by atoms with van der Waals surface area (Å²) < 4.78 is 5.38. The van der Waals surface area contributed by atoms with Crippen LogP contribution in [0.15, 0.2) is 60.7 Å². The molecule has 5 nitrogen and oxygen atoms in total. The molecule has 3 aromatic carbocycles. The Morgan fingerprint density at radius 1 is 1.00 bits per heavy atom. The highest BCUT2D eigenvalue weighted by Gasteiger charge is 2.15. The summed E-state index contributed by atoms with van der Waals surface area (Å²) in [6.07, 6.45) is 0.232. The highest BCUT2D eigenvalue weighted by molar-refractivity contribution is 5.91. The molecule has 0 fully saturated rings. The van der Waals surface area contributed by atoms with Gasteiger partial charge in [0.2, 0.25) is 11.8 Å². The molecule has 0 radical (unpaired) electrons. The van der Waals surface area contributed by atoms with Gasteiger partial charge in [0, 0.05) is 5.56 Å². The van der Waals surface area contributed by atoms with E-state index in [2.05, 4.69) is 10.6 Å². The van der Waals surface area contributed by atoms with E-state index in [1.807, 2.05) is 74.5 Å². The zero-order chi connectivity index (χ0) is 20.8. The Labute approximate surface area is 171 Å². The van der Waals surface area contributed by atoms with E-state index in [9.17, 15) is 9.59 Å². The number of hydrogen-bond donors (Lipinski definition) is 2. The summed E-state index contributed by atoms with van der Waals surface area (Å²) in [6.45, 7) is 3.82. The first-order valence-electron chi connectivity index (χ1n) is 9.65. The van der Waals surface area contributed by atoms with Crippen LogP contribution < -0.4 is 15.4 Å². The smallest absolute Gasteiger partial charge is 0.239 e. The SMILES string of the molecule is COc1ccc(C)cc1[C@H](C)NC(=O)CNC(=O)Cc1cccc2ccccc12. The second kappa shape index (κ2) is 9.24. The maximum absolute atomic E-state index is 12.4. The van der Waals surface area contributed by atoms with Crippen molar-refractivity contribution in [2.24, 2.45) is 0 Å². The number of amides is 2. The summed E-state index contributed by atoms with van der Waals surface area (Å²) in [4.78, 5) is 24.7. The van der Waals surface area contributed by atoms with Crippen molar-refractivity contribution in [2.75, 3.05) is 13.7 Å². The average molecular weight is 390 g/mol. The minimum absolute atomic E-state index is 0.0674. The van der Waals surface area contributed by atoms with Crippen molar-refractivity contribution in [1.29, 1.82) is 0 Å². The molecule has 2 amide bonds. The van der Waals surface area contributed by atoms with Crippen LogP contribution in [0, 0.1) is 6.92 Å². The molecular formula is C24H26N2O3. The van der Waals surface area contributed by atoms with Gasteiger partial charge in [0.25, 0.3) is 0 Å². The molecule has 0 bridgehead atoms. The molecule has 0 saturated carbocycles. The van der Waals surface area contributed by atoms with Gasteiger partial charge in [0.1, 0.15) is 5.75 Å². The second-order valence-electron chi connectivity index (χ2n) is 7.13. The Bertz CT molecular complexity index is 1020. The predicted molar refractivity (Wildman–Crippen MR) is 115 cm³/mol. The molecule has 0 heterocycles. The molecule has 0 aliphatic heterocycles. The number of methoxy groups -OCH3 is 1. The van der Waals surface area contributed by atoms with Crippen LogP contribution in [0.2, 0.25) is 0 Å². The zero-order valence-corrected chi connectivity index (χ0v) is 17.0. The molecule has 150 valence electrons. The van der Waals surface area contributed by atoms with Crippen LogP contribution in [0.3, 0.4) is 0 Å². The maximum Gasteiger partial charge on any atom is 0.239 e. The van der Waals surface area contributed by atoms with Gasteiger partial charge in [-0.1, -0.05) is 60.2 Å². The standard InChI is InChI=1S/C24H26N2O3/c1-16-11-12-22(29-3)21(13-16)17(2)26-24(28)15-25-23(27)14-19-9-6-8-18-7-4-5-10-20(18)19/h4-13,17H,14-15H2,1-3H3,(H,25,27)(H,26,28)/t17-/m0/s1. The Kier molecular flexibility index (Phi) is 6.50. The van der Waals surface area contributed by atoms with E-state index in [0.717, 1.165) is 33.2 Å². The normalized spacial score (nSPS) is 11.7. The first-order valence-corrected chi connectivity index (χ1v) is 9.65. The Hall–Kier alpha value is -3.34. The molecule has 0 saturated heterocycles. The lowest BCUT2D eigenvalue weighted by atomic mass is 10.0.